The Balaban J connectivity index is 2.28. The van der Waals surface area contributed by atoms with Crippen LogP contribution in [-0.4, -0.2) is 16.8 Å². The zero-order valence-corrected chi connectivity index (χ0v) is 11.1. The third-order valence-electron chi connectivity index (χ3n) is 3.85. The monoisotopic (exact) mass is 250 g/mol. The number of ether oxygens (including phenoxy) is 1. The Kier molecular flexibility index (Phi) is 3.93. The van der Waals surface area contributed by atoms with Crippen molar-refractivity contribution in [2.45, 2.75) is 45.3 Å². The van der Waals surface area contributed by atoms with Crippen LogP contribution in [0.3, 0.4) is 0 Å². The first-order valence-electron chi connectivity index (χ1n) is 6.62. The molecule has 0 aromatic heterocycles. The number of phenolic OH excluding ortho intramolecular Hbond substituents is 1. The maximum atomic E-state index is 10.1. The second kappa shape index (κ2) is 5.29. The second-order valence-corrected chi connectivity index (χ2v) is 5.55. The molecule has 0 aliphatic carbocycles. The topological polar surface area (TPSA) is 49.7 Å². The van der Waals surface area contributed by atoms with E-state index in [-0.39, 0.29) is 12.4 Å². The molecule has 0 saturated carbocycles. The fraction of sp³-hybridized carbons (Fsp3) is 0.600. The standard InChI is InChI=1S/C15H22O3/c1-11-4-3-7-15(2,18-10-11)13-6-5-12(9-16)8-14(13)17/h5-6,8,11,16-17H,3-4,7,9-10H2,1-2H3. The van der Waals surface area contributed by atoms with Crippen molar-refractivity contribution in [2.24, 2.45) is 5.92 Å². The van der Waals surface area contributed by atoms with Crippen LogP contribution in [0.1, 0.15) is 44.2 Å². The van der Waals surface area contributed by atoms with E-state index in [4.69, 9.17) is 9.84 Å². The Labute approximate surface area is 108 Å². The molecule has 0 bridgehead atoms. The number of phenols is 1. The van der Waals surface area contributed by atoms with Gasteiger partial charge in [0.25, 0.3) is 0 Å². The third kappa shape index (κ3) is 2.68. The lowest BCUT2D eigenvalue weighted by molar-refractivity contribution is -0.0440. The Morgan fingerprint density at radius 3 is 2.89 bits per heavy atom. The van der Waals surface area contributed by atoms with E-state index in [1.807, 2.05) is 19.1 Å². The van der Waals surface area contributed by atoms with Gasteiger partial charge in [0.15, 0.2) is 0 Å². The molecule has 1 saturated heterocycles. The van der Waals surface area contributed by atoms with Gasteiger partial charge in [-0.05, 0) is 43.7 Å². The molecule has 18 heavy (non-hydrogen) atoms. The first-order chi connectivity index (χ1) is 8.55. The lowest BCUT2D eigenvalue weighted by atomic mass is 9.89. The van der Waals surface area contributed by atoms with E-state index in [1.54, 1.807) is 6.07 Å². The smallest absolute Gasteiger partial charge is 0.122 e. The van der Waals surface area contributed by atoms with E-state index < -0.39 is 5.60 Å². The molecule has 100 valence electrons. The van der Waals surface area contributed by atoms with Crippen LogP contribution in [0, 0.1) is 5.92 Å². The normalized spacial score (nSPS) is 28.9. The van der Waals surface area contributed by atoms with E-state index in [0.717, 1.165) is 30.6 Å². The van der Waals surface area contributed by atoms with Gasteiger partial charge in [0.1, 0.15) is 5.75 Å². The third-order valence-corrected chi connectivity index (χ3v) is 3.85. The first kappa shape index (κ1) is 13.4. The average molecular weight is 250 g/mol. The molecule has 1 aliphatic rings. The summed E-state index contributed by atoms with van der Waals surface area (Å²) in [4.78, 5) is 0. The molecule has 0 spiro atoms. The number of hydrogen-bond donors (Lipinski definition) is 2. The molecule has 1 aromatic rings. The molecule has 1 aromatic carbocycles. The van der Waals surface area contributed by atoms with E-state index in [1.165, 1.54) is 6.42 Å². The predicted molar refractivity (Wildman–Crippen MR) is 70.3 cm³/mol. The van der Waals surface area contributed by atoms with Crippen LogP contribution in [0.25, 0.3) is 0 Å². The SMILES string of the molecule is CC1CCCC(C)(c2ccc(CO)cc2O)OC1. The fourth-order valence-electron chi connectivity index (χ4n) is 2.60. The van der Waals surface area contributed by atoms with Gasteiger partial charge in [0.2, 0.25) is 0 Å². The van der Waals surface area contributed by atoms with Crippen molar-refractivity contribution in [3.05, 3.63) is 29.3 Å². The Morgan fingerprint density at radius 1 is 1.44 bits per heavy atom. The summed E-state index contributed by atoms with van der Waals surface area (Å²) in [6, 6.07) is 5.34. The van der Waals surface area contributed by atoms with Crippen LogP contribution in [0.2, 0.25) is 0 Å². The zero-order valence-electron chi connectivity index (χ0n) is 11.1. The number of benzene rings is 1. The van der Waals surface area contributed by atoms with E-state index in [9.17, 15) is 5.11 Å². The van der Waals surface area contributed by atoms with Gasteiger partial charge in [-0.15, -0.1) is 0 Å². The van der Waals surface area contributed by atoms with Crippen LogP contribution >= 0.6 is 0 Å². The van der Waals surface area contributed by atoms with Gasteiger partial charge in [-0.25, -0.2) is 0 Å². The minimum Gasteiger partial charge on any atom is -0.508 e. The van der Waals surface area contributed by atoms with Crippen LogP contribution in [0.4, 0.5) is 0 Å². The van der Waals surface area contributed by atoms with Crippen LogP contribution in [-0.2, 0) is 16.9 Å². The summed E-state index contributed by atoms with van der Waals surface area (Å²) in [6.45, 7) is 4.92. The molecule has 1 fully saturated rings. The number of hydrogen-bond acceptors (Lipinski definition) is 3. The predicted octanol–water partition coefficient (Wildman–Crippen LogP) is 2.94. The lowest BCUT2D eigenvalue weighted by Gasteiger charge is -2.30. The van der Waals surface area contributed by atoms with Gasteiger partial charge in [-0.3, -0.25) is 0 Å². The average Bonchev–Trinajstić information content (AvgIpc) is 2.52. The number of aliphatic hydroxyl groups is 1. The van der Waals surface area contributed by atoms with Crippen molar-refractivity contribution in [1.29, 1.82) is 0 Å². The summed E-state index contributed by atoms with van der Waals surface area (Å²) in [6.07, 6.45) is 3.20. The molecule has 3 heteroatoms. The van der Waals surface area contributed by atoms with Crippen molar-refractivity contribution in [3.8, 4) is 5.75 Å². The Morgan fingerprint density at radius 2 is 2.22 bits per heavy atom. The molecular weight excluding hydrogens is 228 g/mol. The lowest BCUT2D eigenvalue weighted by Crippen LogP contribution is -2.26. The van der Waals surface area contributed by atoms with Gasteiger partial charge < -0.3 is 14.9 Å². The van der Waals surface area contributed by atoms with Crippen LogP contribution < -0.4 is 0 Å². The molecule has 2 rings (SSSR count). The van der Waals surface area contributed by atoms with E-state index in [0.29, 0.717) is 5.92 Å². The van der Waals surface area contributed by atoms with Gasteiger partial charge in [-0.1, -0.05) is 19.1 Å². The molecular formula is C15H22O3. The maximum Gasteiger partial charge on any atom is 0.122 e. The van der Waals surface area contributed by atoms with Crippen molar-refractivity contribution in [1.82, 2.24) is 0 Å². The second-order valence-electron chi connectivity index (χ2n) is 5.55. The summed E-state index contributed by atoms with van der Waals surface area (Å²) in [5.41, 5.74) is 1.14. The highest BCUT2D eigenvalue weighted by Crippen LogP contribution is 2.39. The van der Waals surface area contributed by atoms with Gasteiger partial charge in [-0.2, -0.15) is 0 Å². The van der Waals surface area contributed by atoms with Crippen molar-refractivity contribution in [2.75, 3.05) is 6.61 Å². The highest BCUT2D eigenvalue weighted by atomic mass is 16.5. The largest absolute Gasteiger partial charge is 0.508 e. The Bertz CT molecular complexity index is 416. The molecule has 1 heterocycles. The first-order valence-corrected chi connectivity index (χ1v) is 6.62. The van der Waals surface area contributed by atoms with E-state index >= 15 is 0 Å². The summed E-state index contributed by atoms with van der Waals surface area (Å²) in [5, 5.41) is 19.2. The minimum absolute atomic E-state index is 0.0531. The van der Waals surface area contributed by atoms with Gasteiger partial charge in [0, 0.05) is 5.56 Å². The summed E-state index contributed by atoms with van der Waals surface area (Å²) in [7, 11) is 0. The van der Waals surface area contributed by atoms with Gasteiger partial charge in [0.05, 0.1) is 18.8 Å². The quantitative estimate of drug-likeness (QED) is 0.848. The fourth-order valence-corrected chi connectivity index (χ4v) is 2.60. The van der Waals surface area contributed by atoms with Crippen molar-refractivity contribution >= 4 is 0 Å². The summed E-state index contributed by atoms with van der Waals surface area (Å²) >= 11 is 0. The molecule has 2 atom stereocenters. The van der Waals surface area contributed by atoms with Crippen LogP contribution in [0.5, 0.6) is 5.75 Å². The molecule has 0 radical (unpaired) electrons. The molecule has 1 aliphatic heterocycles. The van der Waals surface area contributed by atoms with Crippen molar-refractivity contribution in [3.63, 3.8) is 0 Å². The Hall–Kier alpha value is -1.06. The number of aliphatic hydroxyl groups excluding tert-OH is 1. The minimum atomic E-state index is -0.414. The number of rotatable bonds is 2. The molecule has 2 unspecified atom stereocenters. The molecule has 0 amide bonds. The van der Waals surface area contributed by atoms with E-state index in [2.05, 4.69) is 6.92 Å². The zero-order chi connectivity index (χ0) is 13.2. The van der Waals surface area contributed by atoms with Gasteiger partial charge >= 0.3 is 0 Å². The molecule has 3 nitrogen and oxygen atoms in total. The van der Waals surface area contributed by atoms with Crippen LogP contribution in [0.15, 0.2) is 18.2 Å². The highest BCUT2D eigenvalue weighted by Gasteiger charge is 2.32. The summed E-state index contributed by atoms with van der Waals surface area (Å²) < 4.78 is 6.02. The van der Waals surface area contributed by atoms with Crippen molar-refractivity contribution < 1.29 is 14.9 Å². The highest BCUT2D eigenvalue weighted by molar-refractivity contribution is 5.40. The maximum absolute atomic E-state index is 10.1. The summed E-state index contributed by atoms with van der Waals surface area (Å²) in [5.74, 6) is 0.796. The molecule has 2 N–H and O–H groups in total. The number of aromatic hydroxyl groups is 1.